The molecule has 0 radical (unpaired) electrons. The number of nitrogens with zero attached hydrogens (tertiary/aromatic N) is 1. The molecule has 4 heterocycles. The van der Waals surface area contributed by atoms with Crippen LogP contribution in [0, 0.1) is 0 Å². The number of aryl methyl sites for hydroxylation is 2. The number of methoxy groups -OCH3 is 2. The molecule has 1 N–H and O–H groups in total. The molecule has 0 saturated heterocycles. The summed E-state index contributed by atoms with van der Waals surface area (Å²) in [5.74, 6) is 3.31. The van der Waals surface area contributed by atoms with Crippen LogP contribution in [0.15, 0.2) is 60.9 Å². The van der Waals surface area contributed by atoms with Crippen molar-refractivity contribution in [3.63, 3.8) is 0 Å². The number of fused-ring (bicyclic) bond motifs is 6. The summed E-state index contributed by atoms with van der Waals surface area (Å²) in [4.78, 5) is 3.51. The molecule has 6 heteroatoms. The number of para-hydroxylation sites is 1. The maximum absolute atomic E-state index is 5.92. The van der Waals surface area contributed by atoms with E-state index in [4.69, 9.17) is 18.9 Å². The average molecular weight is 494 g/mol. The highest BCUT2D eigenvalue weighted by Gasteiger charge is 2.35. The zero-order valence-electron chi connectivity index (χ0n) is 21.3. The van der Waals surface area contributed by atoms with Gasteiger partial charge in [-0.2, -0.15) is 4.57 Å². The number of hydrogen-bond acceptors (Lipinski definition) is 4. The van der Waals surface area contributed by atoms with Gasteiger partial charge in [0.25, 0.3) is 0 Å². The van der Waals surface area contributed by atoms with Gasteiger partial charge >= 0.3 is 0 Å². The van der Waals surface area contributed by atoms with Crippen LogP contribution in [0.25, 0.3) is 32.9 Å². The quantitative estimate of drug-likeness (QED) is 0.300. The molecule has 1 unspecified atom stereocenters. The van der Waals surface area contributed by atoms with Gasteiger partial charge in [0.05, 0.1) is 25.2 Å². The number of hydrogen-bond donors (Lipinski definition) is 1. The van der Waals surface area contributed by atoms with Crippen molar-refractivity contribution in [2.75, 3.05) is 21.0 Å². The fourth-order valence-corrected chi connectivity index (χ4v) is 6.26. The maximum Gasteiger partial charge on any atom is 0.231 e. The zero-order valence-corrected chi connectivity index (χ0v) is 21.3. The Morgan fingerprint density at radius 2 is 1.81 bits per heavy atom. The standard InChI is InChI=1S/C31H29N2O4/c1-4-19(23-15-32-25-8-6-5-7-20(23)25)29-21-9-10-26(34-2)31(35-3)24(21)16-33-12-11-18-13-27-28(37-17-36-27)14-22(18)30(29)33/h5-10,13-16,19,32H,4,11-12,17H2,1-3H3/q+1. The predicted octanol–water partition coefficient (Wildman–Crippen LogP) is 6.12. The fourth-order valence-electron chi connectivity index (χ4n) is 6.26. The van der Waals surface area contributed by atoms with Crippen LogP contribution in [0.4, 0.5) is 0 Å². The molecule has 6 nitrogen and oxygen atoms in total. The van der Waals surface area contributed by atoms with Gasteiger partial charge in [0, 0.05) is 40.4 Å². The molecule has 3 aromatic carbocycles. The van der Waals surface area contributed by atoms with Gasteiger partial charge in [0.15, 0.2) is 35.7 Å². The summed E-state index contributed by atoms with van der Waals surface area (Å²) < 4.78 is 25.5. The third kappa shape index (κ3) is 3.21. The summed E-state index contributed by atoms with van der Waals surface area (Å²) in [6, 6.07) is 17.1. The second-order valence-corrected chi connectivity index (χ2v) is 9.71. The van der Waals surface area contributed by atoms with E-state index in [1.54, 1.807) is 14.2 Å². The Morgan fingerprint density at radius 3 is 2.62 bits per heavy atom. The summed E-state index contributed by atoms with van der Waals surface area (Å²) >= 11 is 0. The Balaban J connectivity index is 1.59. The van der Waals surface area contributed by atoms with Gasteiger partial charge in [-0.15, -0.1) is 0 Å². The fraction of sp³-hybridized carbons (Fsp3) is 0.258. The minimum absolute atomic E-state index is 0.163. The van der Waals surface area contributed by atoms with E-state index in [0.717, 1.165) is 53.3 Å². The first-order valence-corrected chi connectivity index (χ1v) is 12.8. The predicted molar refractivity (Wildman–Crippen MR) is 143 cm³/mol. The van der Waals surface area contributed by atoms with Gasteiger partial charge in [0.2, 0.25) is 12.5 Å². The highest BCUT2D eigenvalue weighted by molar-refractivity contribution is 5.97. The van der Waals surface area contributed by atoms with E-state index in [1.165, 1.54) is 38.7 Å². The molecule has 0 fully saturated rings. The summed E-state index contributed by atoms with van der Waals surface area (Å²) in [5, 5.41) is 3.49. The normalized spacial score (nSPS) is 14.5. The van der Waals surface area contributed by atoms with Crippen LogP contribution in [0.5, 0.6) is 23.0 Å². The van der Waals surface area contributed by atoms with Crippen molar-refractivity contribution < 1.29 is 23.5 Å². The number of pyridine rings is 1. The van der Waals surface area contributed by atoms with Crippen molar-refractivity contribution in [1.29, 1.82) is 0 Å². The molecular formula is C31H29N2O4+. The van der Waals surface area contributed by atoms with E-state index in [1.807, 2.05) is 6.07 Å². The second-order valence-electron chi connectivity index (χ2n) is 9.71. The number of aromatic nitrogens is 2. The van der Waals surface area contributed by atoms with E-state index < -0.39 is 0 Å². The third-order valence-corrected chi connectivity index (χ3v) is 7.93. The molecule has 5 aromatic rings. The molecule has 0 amide bonds. The van der Waals surface area contributed by atoms with Gasteiger partial charge in [0.1, 0.15) is 0 Å². The molecule has 37 heavy (non-hydrogen) atoms. The van der Waals surface area contributed by atoms with E-state index in [0.29, 0.717) is 0 Å². The minimum atomic E-state index is 0.163. The summed E-state index contributed by atoms with van der Waals surface area (Å²) in [7, 11) is 3.41. The second kappa shape index (κ2) is 8.44. The summed E-state index contributed by atoms with van der Waals surface area (Å²) in [6.45, 7) is 3.41. The Kier molecular flexibility index (Phi) is 5.03. The summed E-state index contributed by atoms with van der Waals surface area (Å²) in [5.41, 5.74) is 7.48. The number of H-pyrrole nitrogens is 1. The smallest absolute Gasteiger partial charge is 0.231 e. The van der Waals surface area contributed by atoms with Crippen molar-refractivity contribution in [3.8, 4) is 34.3 Å². The van der Waals surface area contributed by atoms with E-state index in [9.17, 15) is 0 Å². The first-order chi connectivity index (χ1) is 18.2. The molecule has 186 valence electrons. The zero-order chi connectivity index (χ0) is 25.1. The van der Waals surface area contributed by atoms with Crippen molar-refractivity contribution in [3.05, 3.63) is 77.6 Å². The Morgan fingerprint density at radius 1 is 0.973 bits per heavy atom. The van der Waals surface area contributed by atoms with Crippen LogP contribution in [0.3, 0.4) is 0 Å². The van der Waals surface area contributed by atoms with Crippen LogP contribution in [0.1, 0.15) is 36.0 Å². The average Bonchev–Trinajstić information content (AvgIpc) is 3.58. The highest BCUT2D eigenvalue weighted by atomic mass is 16.7. The topological polar surface area (TPSA) is 56.6 Å². The number of benzene rings is 3. The Labute approximate surface area is 215 Å². The minimum Gasteiger partial charge on any atom is -0.493 e. The van der Waals surface area contributed by atoms with Crippen molar-refractivity contribution in [2.45, 2.75) is 32.2 Å². The Bertz CT molecular complexity index is 1690. The molecule has 7 rings (SSSR count). The maximum atomic E-state index is 5.92. The van der Waals surface area contributed by atoms with Crippen LogP contribution >= 0.6 is 0 Å². The number of nitrogens with one attached hydrogen (secondary N) is 1. The first-order valence-electron chi connectivity index (χ1n) is 12.8. The molecule has 2 aliphatic rings. The number of rotatable bonds is 5. The highest BCUT2D eigenvalue weighted by Crippen LogP contribution is 2.47. The lowest BCUT2D eigenvalue weighted by molar-refractivity contribution is -0.686. The lowest BCUT2D eigenvalue weighted by Gasteiger charge is -2.25. The van der Waals surface area contributed by atoms with E-state index in [-0.39, 0.29) is 12.7 Å². The molecule has 2 aromatic heterocycles. The van der Waals surface area contributed by atoms with E-state index >= 15 is 0 Å². The third-order valence-electron chi connectivity index (χ3n) is 7.93. The SMILES string of the molecule is CCC(c1c[nH]c2ccccc12)c1c2[n+](cc3c(OC)c(OC)ccc13)CCc1cc3c(cc1-2)OCO3. The van der Waals surface area contributed by atoms with Gasteiger partial charge in [-0.3, -0.25) is 0 Å². The molecule has 0 aliphatic carbocycles. The molecule has 0 bridgehead atoms. The van der Waals surface area contributed by atoms with Gasteiger partial charge < -0.3 is 23.9 Å². The lowest BCUT2D eigenvalue weighted by atomic mass is 9.81. The van der Waals surface area contributed by atoms with Crippen molar-refractivity contribution in [2.24, 2.45) is 0 Å². The lowest BCUT2D eigenvalue weighted by Crippen LogP contribution is -2.41. The largest absolute Gasteiger partial charge is 0.493 e. The van der Waals surface area contributed by atoms with Gasteiger partial charge in [-0.25, -0.2) is 0 Å². The van der Waals surface area contributed by atoms with Crippen LogP contribution < -0.4 is 23.5 Å². The molecule has 2 aliphatic heterocycles. The molecule has 0 saturated carbocycles. The first kappa shape index (κ1) is 22.0. The monoisotopic (exact) mass is 493 g/mol. The van der Waals surface area contributed by atoms with Crippen LogP contribution in [0.2, 0.25) is 0 Å². The molecular weight excluding hydrogens is 464 g/mol. The summed E-state index contributed by atoms with van der Waals surface area (Å²) in [6.07, 6.45) is 6.27. The van der Waals surface area contributed by atoms with Gasteiger partial charge in [-0.1, -0.05) is 25.1 Å². The van der Waals surface area contributed by atoms with Crippen LogP contribution in [-0.4, -0.2) is 26.0 Å². The van der Waals surface area contributed by atoms with Crippen LogP contribution in [-0.2, 0) is 13.0 Å². The van der Waals surface area contributed by atoms with Crippen molar-refractivity contribution in [1.82, 2.24) is 4.98 Å². The molecule has 0 spiro atoms. The molecule has 1 atom stereocenters. The number of ether oxygens (including phenoxy) is 4. The number of aromatic amines is 1. The van der Waals surface area contributed by atoms with E-state index in [2.05, 4.69) is 71.3 Å². The Hall–Kier alpha value is -4.19. The van der Waals surface area contributed by atoms with Crippen molar-refractivity contribution >= 4 is 21.7 Å². The van der Waals surface area contributed by atoms with Gasteiger partial charge in [-0.05, 0) is 47.9 Å².